The number of urea groups is 1. The van der Waals surface area contributed by atoms with Gasteiger partial charge in [-0.3, -0.25) is 0 Å². The van der Waals surface area contributed by atoms with Crippen LogP contribution in [0.15, 0.2) is 36.9 Å². The standard InChI is InChI=1S/C25H29F4N5O/c1-16(25(27,28)29)23-18-7-3-8-21(32-22-9-13-33(2)15-20(22)26)19(18)14-17(31-23)6-4-10-30-24(35)34-11-5-12-34/h3-4,6-8,14,20,22,32H,1,5,9-13,15H2,2H3,(H,30,35)/b6-4+/t20-,22+/m0/s1. The van der Waals surface area contributed by atoms with Crippen molar-refractivity contribution in [2.24, 2.45) is 0 Å². The Hall–Kier alpha value is -3.14. The van der Waals surface area contributed by atoms with Gasteiger partial charge in [0.05, 0.1) is 23.0 Å². The molecule has 188 valence electrons. The average Bonchev–Trinajstić information content (AvgIpc) is 2.76. The topological polar surface area (TPSA) is 60.5 Å². The second-order valence-electron chi connectivity index (χ2n) is 9.02. The highest BCUT2D eigenvalue weighted by Crippen LogP contribution is 2.37. The van der Waals surface area contributed by atoms with E-state index in [0.29, 0.717) is 17.5 Å². The Balaban J connectivity index is 1.64. The Labute approximate surface area is 201 Å². The van der Waals surface area contributed by atoms with E-state index in [2.05, 4.69) is 22.2 Å². The van der Waals surface area contributed by atoms with Crippen LogP contribution < -0.4 is 10.6 Å². The SMILES string of the molecule is C=C(c1nc(/C=C/CNC(=O)N2CCC2)cc2c(N[C@@H]3CCN(C)C[C@@H]3F)cccc12)C(F)(F)F. The molecule has 35 heavy (non-hydrogen) atoms. The molecule has 0 saturated carbocycles. The zero-order chi connectivity index (χ0) is 25.2. The highest BCUT2D eigenvalue weighted by Gasteiger charge is 2.35. The van der Waals surface area contributed by atoms with Crippen molar-refractivity contribution in [1.82, 2.24) is 20.1 Å². The average molecular weight is 492 g/mol. The highest BCUT2D eigenvalue weighted by molar-refractivity contribution is 6.00. The van der Waals surface area contributed by atoms with Gasteiger partial charge in [0.25, 0.3) is 0 Å². The number of allylic oxidation sites excluding steroid dienone is 1. The lowest BCUT2D eigenvalue weighted by atomic mass is 9.99. The Kier molecular flexibility index (Phi) is 7.30. The van der Waals surface area contributed by atoms with E-state index in [0.717, 1.165) is 26.1 Å². The van der Waals surface area contributed by atoms with E-state index >= 15 is 0 Å². The third-order valence-corrected chi connectivity index (χ3v) is 6.41. The lowest BCUT2D eigenvalue weighted by Gasteiger charge is -2.33. The molecule has 2 N–H and O–H groups in total. The van der Waals surface area contributed by atoms with Crippen LogP contribution in [0.3, 0.4) is 0 Å². The molecule has 2 aliphatic rings. The number of likely N-dealkylation sites (tertiary alicyclic amines) is 2. The third-order valence-electron chi connectivity index (χ3n) is 6.41. The Morgan fingerprint density at radius 3 is 2.69 bits per heavy atom. The van der Waals surface area contributed by atoms with E-state index in [9.17, 15) is 22.4 Å². The smallest absolute Gasteiger partial charge is 0.379 e. The first-order valence-corrected chi connectivity index (χ1v) is 11.6. The van der Waals surface area contributed by atoms with Crippen LogP contribution in [-0.4, -0.2) is 79.0 Å². The molecular weight excluding hydrogens is 462 g/mol. The van der Waals surface area contributed by atoms with Gasteiger partial charge in [0.2, 0.25) is 0 Å². The second kappa shape index (κ2) is 10.2. The van der Waals surface area contributed by atoms with Gasteiger partial charge in [0, 0.05) is 49.2 Å². The zero-order valence-corrected chi connectivity index (χ0v) is 19.5. The van der Waals surface area contributed by atoms with Crippen LogP contribution in [-0.2, 0) is 0 Å². The van der Waals surface area contributed by atoms with Crippen LogP contribution in [0.2, 0.25) is 0 Å². The lowest BCUT2D eigenvalue weighted by molar-refractivity contribution is -0.0688. The number of fused-ring (bicyclic) bond motifs is 1. The molecule has 2 saturated heterocycles. The predicted molar refractivity (Wildman–Crippen MR) is 130 cm³/mol. The molecule has 10 heteroatoms. The number of benzene rings is 1. The number of carbonyl (C=O) groups is 1. The molecule has 2 fully saturated rings. The van der Waals surface area contributed by atoms with Gasteiger partial charge in [-0.2, -0.15) is 13.2 Å². The van der Waals surface area contributed by atoms with Crippen LogP contribution in [0, 0.1) is 0 Å². The molecule has 2 aromatic rings. The number of amides is 2. The van der Waals surface area contributed by atoms with Crippen LogP contribution >= 0.6 is 0 Å². The molecule has 3 heterocycles. The molecule has 0 unspecified atom stereocenters. The summed E-state index contributed by atoms with van der Waals surface area (Å²) < 4.78 is 55.4. The number of carbonyl (C=O) groups excluding carboxylic acids is 1. The van der Waals surface area contributed by atoms with Crippen molar-refractivity contribution in [3.63, 3.8) is 0 Å². The normalized spacial score (nSPS) is 21.2. The molecule has 2 amide bonds. The lowest BCUT2D eigenvalue weighted by Crippen LogP contribution is -2.47. The summed E-state index contributed by atoms with van der Waals surface area (Å²) in [5.41, 5.74) is -0.503. The number of aromatic nitrogens is 1. The first-order valence-electron chi connectivity index (χ1n) is 11.6. The minimum atomic E-state index is -4.66. The van der Waals surface area contributed by atoms with Gasteiger partial charge in [-0.05, 0) is 38.1 Å². The van der Waals surface area contributed by atoms with E-state index in [1.54, 1.807) is 41.3 Å². The number of rotatable bonds is 6. The largest absolute Gasteiger partial charge is 0.417 e. The van der Waals surface area contributed by atoms with E-state index in [-0.39, 0.29) is 35.9 Å². The molecule has 0 spiro atoms. The van der Waals surface area contributed by atoms with Crippen molar-refractivity contribution < 1.29 is 22.4 Å². The molecule has 1 aromatic carbocycles. The maximum Gasteiger partial charge on any atom is 0.417 e. The molecule has 1 aromatic heterocycles. The second-order valence-corrected chi connectivity index (χ2v) is 9.02. The molecular formula is C25H29F4N5O. The molecule has 6 nitrogen and oxygen atoms in total. The minimum absolute atomic E-state index is 0.177. The summed E-state index contributed by atoms with van der Waals surface area (Å²) in [6.45, 7) is 5.91. The van der Waals surface area contributed by atoms with Crippen molar-refractivity contribution in [2.75, 3.05) is 45.1 Å². The summed E-state index contributed by atoms with van der Waals surface area (Å²) in [5.74, 6) is 0. The molecule has 0 bridgehead atoms. The van der Waals surface area contributed by atoms with Crippen LogP contribution in [0.25, 0.3) is 22.4 Å². The van der Waals surface area contributed by atoms with E-state index in [1.165, 1.54) is 0 Å². The van der Waals surface area contributed by atoms with Gasteiger partial charge in [0.1, 0.15) is 6.17 Å². The number of alkyl halides is 4. The van der Waals surface area contributed by atoms with Gasteiger partial charge in [-0.15, -0.1) is 0 Å². The van der Waals surface area contributed by atoms with Crippen molar-refractivity contribution in [3.8, 4) is 0 Å². The molecule has 2 aliphatic heterocycles. The van der Waals surface area contributed by atoms with Crippen molar-refractivity contribution in [3.05, 3.63) is 48.3 Å². The number of piperidine rings is 1. The maximum atomic E-state index is 14.7. The fourth-order valence-electron chi connectivity index (χ4n) is 4.25. The molecule has 0 radical (unpaired) electrons. The summed E-state index contributed by atoms with van der Waals surface area (Å²) in [6.07, 6.45) is -1.01. The number of halogens is 4. The van der Waals surface area contributed by atoms with Gasteiger partial charge in [-0.25, -0.2) is 14.2 Å². The Morgan fingerprint density at radius 2 is 2.03 bits per heavy atom. The van der Waals surface area contributed by atoms with Gasteiger partial charge in [-0.1, -0.05) is 24.8 Å². The number of pyridine rings is 1. The van der Waals surface area contributed by atoms with E-state index in [4.69, 9.17) is 0 Å². The van der Waals surface area contributed by atoms with E-state index in [1.807, 2.05) is 11.9 Å². The van der Waals surface area contributed by atoms with Crippen molar-refractivity contribution in [1.29, 1.82) is 0 Å². The Morgan fingerprint density at radius 1 is 1.26 bits per heavy atom. The number of hydrogen-bond donors (Lipinski definition) is 2. The maximum absolute atomic E-state index is 14.7. The minimum Gasteiger partial charge on any atom is -0.379 e. The van der Waals surface area contributed by atoms with Gasteiger partial charge >= 0.3 is 12.2 Å². The molecule has 4 rings (SSSR count). The Bertz CT molecular complexity index is 1130. The molecule has 0 aliphatic carbocycles. The fourth-order valence-corrected chi connectivity index (χ4v) is 4.25. The summed E-state index contributed by atoms with van der Waals surface area (Å²) in [4.78, 5) is 19.7. The van der Waals surface area contributed by atoms with Gasteiger partial charge < -0.3 is 20.4 Å². The van der Waals surface area contributed by atoms with Gasteiger partial charge in [0.15, 0.2) is 0 Å². The summed E-state index contributed by atoms with van der Waals surface area (Å²) >= 11 is 0. The third kappa shape index (κ3) is 5.75. The first kappa shape index (κ1) is 25.0. The number of hydrogen-bond acceptors (Lipinski definition) is 4. The summed E-state index contributed by atoms with van der Waals surface area (Å²) in [7, 11) is 1.85. The predicted octanol–water partition coefficient (Wildman–Crippen LogP) is 4.69. The van der Waals surface area contributed by atoms with Crippen LogP contribution in [0.5, 0.6) is 0 Å². The van der Waals surface area contributed by atoms with Crippen LogP contribution in [0.4, 0.5) is 28.0 Å². The monoisotopic (exact) mass is 491 g/mol. The number of nitrogens with one attached hydrogen (secondary N) is 2. The summed E-state index contributed by atoms with van der Waals surface area (Å²) in [6, 6.07) is 5.96. The molecule has 2 atom stereocenters. The van der Waals surface area contributed by atoms with Crippen molar-refractivity contribution >= 4 is 34.1 Å². The number of nitrogens with zero attached hydrogens (tertiary/aromatic N) is 3. The fraction of sp³-hybridized carbons (Fsp3) is 0.440. The highest BCUT2D eigenvalue weighted by atomic mass is 19.4. The first-order chi connectivity index (χ1) is 16.6. The van der Waals surface area contributed by atoms with Crippen LogP contribution in [0.1, 0.15) is 24.2 Å². The number of anilines is 1. The zero-order valence-electron chi connectivity index (χ0n) is 19.5. The summed E-state index contributed by atoms with van der Waals surface area (Å²) in [5, 5.41) is 6.73. The quantitative estimate of drug-likeness (QED) is 0.576. The van der Waals surface area contributed by atoms with E-state index < -0.39 is 24.0 Å². The van der Waals surface area contributed by atoms with Crippen molar-refractivity contribution in [2.45, 2.75) is 31.2 Å².